The number of benzene rings is 2. The first-order valence-corrected chi connectivity index (χ1v) is 13.6. The van der Waals surface area contributed by atoms with Crippen LogP contribution in [0.4, 0.5) is 0 Å². The summed E-state index contributed by atoms with van der Waals surface area (Å²) >= 11 is 0. The molecular formula is C31H46O3. The normalized spacial score (nSPS) is 11.1. The summed E-state index contributed by atoms with van der Waals surface area (Å²) < 4.78 is 11.5. The number of ether oxygens (including phenoxy) is 2. The second-order valence-electron chi connectivity index (χ2n) is 9.36. The highest BCUT2D eigenvalue weighted by molar-refractivity contribution is 5.78. The summed E-state index contributed by atoms with van der Waals surface area (Å²) in [5.41, 5.74) is 2.49. The van der Waals surface area contributed by atoms with Gasteiger partial charge in [0.15, 0.2) is 0 Å². The Labute approximate surface area is 208 Å². The third-order valence-corrected chi connectivity index (χ3v) is 6.21. The fourth-order valence-corrected chi connectivity index (χ4v) is 4.12. The predicted molar refractivity (Wildman–Crippen MR) is 142 cm³/mol. The van der Waals surface area contributed by atoms with Crippen molar-refractivity contribution in [3.05, 3.63) is 71.8 Å². The Morgan fingerprint density at radius 2 is 0.824 bits per heavy atom. The van der Waals surface area contributed by atoms with Gasteiger partial charge in [-0.05, 0) is 36.8 Å². The molecule has 0 aliphatic rings. The third-order valence-electron chi connectivity index (χ3n) is 6.21. The maximum absolute atomic E-state index is 12.1. The summed E-state index contributed by atoms with van der Waals surface area (Å²) in [6.07, 6.45) is 15.7. The fourth-order valence-electron chi connectivity index (χ4n) is 4.12. The molecule has 0 atom stereocenters. The van der Waals surface area contributed by atoms with E-state index in [0.717, 1.165) is 51.7 Å². The van der Waals surface area contributed by atoms with Crippen LogP contribution < -0.4 is 0 Å². The second-order valence-corrected chi connectivity index (χ2v) is 9.36. The number of ketones is 1. The van der Waals surface area contributed by atoms with Crippen molar-refractivity contribution in [2.45, 2.75) is 103 Å². The molecule has 3 nitrogen and oxygen atoms in total. The van der Waals surface area contributed by atoms with Crippen LogP contribution in [0.1, 0.15) is 101 Å². The Morgan fingerprint density at radius 3 is 1.24 bits per heavy atom. The van der Waals surface area contributed by atoms with Crippen LogP contribution in [0.5, 0.6) is 0 Å². The summed E-state index contributed by atoms with van der Waals surface area (Å²) in [5.74, 6) is 0.462. The molecule has 0 aliphatic carbocycles. The van der Waals surface area contributed by atoms with Crippen molar-refractivity contribution in [1.82, 2.24) is 0 Å². The van der Waals surface area contributed by atoms with Crippen LogP contribution >= 0.6 is 0 Å². The van der Waals surface area contributed by atoms with Gasteiger partial charge in [0.1, 0.15) is 5.78 Å². The molecule has 0 saturated carbocycles. The van der Waals surface area contributed by atoms with Crippen molar-refractivity contribution < 1.29 is 14.3 Å². The second kappa shape index (κ2) is 20.4. The monoisotopic (exact) mass is 466 g/mol. The highest BCUT2D eigenvalue weighted by Gasteiger charge is 2.02. The highest BCUT2D eigenvalue weighted by Crippen LogP contribution is 2.12. The molecule has 0 amide bonds. The Kier molecular flexibility index (Phi) is 17.0. The first-order chi connectivity index (χ1) is 16.8. The molecule has 0 radical (unpaired) electrons. The van der Waals surface area contributed by atoms with E-state index < -0.39 is 0 Å². The van der Waals surface area contributed by atoms with Crippen LogP contribution in [-0.2, 0) is 27.5 Å². The maximum atomic E-state index is 12.1. The summed E-state index contributed by atoms with van der Waals surface area (Å²) in [4.78, 5) is 12.1. The number of Topliss-reactive ketones (excluding diaryl/α,β-unsaturated/α-hetero) is 1. The zero-order valence-corrected chi connectivity index (χ0v) is 21.2. The van der Waals surface area contributed by atoms with Gasteiger partial charge in [-0.1, -0.05) is 112 Å². The molecule has 2 aromatic rings. The molecule has 0 aliphatic heterocycles. The van der Waals surface area contributed by atoms with Crippen molar-refractivity contribution in [3.8, 4) is 0 Å². The maximum Gasteiger partial charge on any atom is 0.132 e. The van der Waals surface area contributed by atoms with Crippen molar-refractivity contribution in [2.75, 3.05) is 13.2 Å². The van der Waals surface area contributed by atoms with Gasteiger partial charge in [0.25, 0.3) is 0 Å². The van der Waals surface area contributed by atoms with Gasteiger partial charge in [-0.25, -0.2) is 0 Å². The number of hydrogen-bond acceptors (Lipinski definition) is 3. The Morgan fingerprint density at radius 1 is 0.471 bits per heavy atom. The number of rotatable bonds is 22. The minimum absolute atomic E-state index is 0.462. The van der Waals surface area contributed by atoms with Crippen LogP contribution in [0.3, 0.4) is 0 Å². The van der Waals surface area contributed by atoms with Crippen LogP contribution in [0.15, 0.2) is 60.7 Å². The van der Waals surface area contributed by atoms with E-state index in [1.165, 1.54) is 62.5 Å². The van der Waals surface area contributed by atoms with Gasteiger partial charge in [-0.3, -0.25) is 4.79 Å². The Balaban J connectivity index is 1.25. The molecule has 0 N–H and O–H groups in total. The standard InChI is InChI=1S/C31H46O3/c32-31(23-15-5-1-3-7-17-25-33-27-29-19-11-9-12-20-29)24-16-6-2-4-8-18-26-34-28-30-21-13-10-14-22-30/h9-14,19-22H,1-8,15-18,23-28H2. The van der Waals surface area contributed by atoms with Crippen LogP contribution in [0, 0.1) is 0 Å². The highest BCUT2D eigenvalue weighted by atomic mass is 16.5. The molecule has 34 heavy (non-hydrogen) atoms. The van der Waals surface area contributed by atoms with E-state index >= 15 is 0 Å². The first-order valence-electron chi connectivity index (χ1n) is 13.6. The predicted octanol–water partition coefficient (Wildman–Crippen LogP) is 8.45. The van der Waals surface area contributed by atoms with Gasteiger partial charge in [0, 0.05) is 26.1 Å². The van der Waals surface area contributed by atoms with Crippen LogP contribution in [0.25, 0.3) is 0 Å². The minimum atomic E-state index is 0.462. The average Bonchev–Trinajstić information content (AvgIpc) is 2.87. The van der Waals surface area contributed by atoms with E-state index in [1.807, 2.05) is 12.1 Å². The van der Waals surface area contributed by atoms with Crippen molar-refractivity contribution in [3.63, 3.8) is 0 Å². The van der Waals surface area contributed by atoms with Gasteiger partial charge in [0.2, 0.25) is 0 Å². The van der Waals surface area contributed by atoms with Gasteiger partial charge in [-0.15, -0.1) is 0 Å². The lowest BCUT2D eigenvalue weighted by Gasteiger charge is -2.05. The fraction of sp³-hybridized carbons (Fsp3) is 0.581. The van der Waals surface area contributed by atoms with E-state index in [-0.39, 0.29) is 0 Å². The molecule has 0 fully saturated rings. The lowest BCUT2D eigenvalue weighted by molar-refractivity contribution is -0.119. The molecule has 0 bridgehead atoms. The zero-order chi connectivity index (χ0) is 23.9. The number of unbranched alkanes of at least 4 members (excludes halogenated alkanes) is 10. The summed E-state index contributed by atoms with van der Waals surface area (Å²) in [7, 11) is 0. The van der Waals surface area contributed by atoms with Gasteiger partial charge < -0.3 is 9.47 Å². The molecular weight excluding hydrogens is 420 g/mol. The largest absolute Gasteiger partial charge is 0.377 e. The van der Waals surface area contributed by atoms with E-state index in [0.29, 0.717) is 19.0 Å². The SMILES string of the molecule is O=C(CCCCCCCCOCc1ccccc1)CCCCCCCCOCc1ccccc1. The van der Waals surface area contributed by atoms with Crippen molar-refractivity contribution in [1.29, 1.82) is 0 Å². The molecule has 0 aromatic heterocycles. The Bertz CT molecular complexity index is 652. The third kappa shape index (κ3) is 15.8. The van der Waals surface area contributed by atoms with E-state index in [2.05, 4.69) is 48.5 Å². The number of carbonyl (C=O) groups is 1. The molecule has 2 aromatic carbocycles. The van der Waals surface area contributed by atoms with E-state index in [9.17, 15) is 4.79 Å². The summed E-state index contributed by atoms with van der Waals surface area (Å²) in [6.45, 7) is 3.12. The first kappa shape index (κ1) is 28.3. The van der Waals surface area contributed by atoms with Gasteiger partial charge in [-0.2, -0.15) is 0 Å². The smallest absolute Gasteiger partial charge is 0.132 e. The molecule has 0 saturated heterocycles. The summed E-state index contributed by atoms with van der Waals surface area (Å²) in [6, 6.07) is 20.7. The van der Waals surface area contributed by atoms with Crippen molar-refractivity contribution >= 4 is 5.78 Å². The molecule has 0 unspecified atom stereocenters. The van der Waals surface area contributed by atoms with E-state index in [4.69, 9.17) is 9.47 Å². The van der Waals surface area contributed by atoms with E-state index in [1.54, 1.807) is 0 Å². The molecule has 188 valence electrons. The number of hydrogen-bond donors (Lipinski definition) is 0. The Hall–Kier alpha value is -1.97. The molecule has 3 heteroatoms. The van der Waals surface area contributed by atoms with Crippen LogP contribution in [-0.4, -0.2) is 19.0 Å². The minimum Gasteiger partial charge on any atom is -0.377 e. The number of carbonyl (C=O) groups excluding carboxylic acids is 1. The van der Waals surface area contributed by atoms with Gasteiger partial charge >= 0.3 is 0 Å². The average molecular weight is 467 g/mol. The van der Waals surface area contributed by atoms with Crippen molar-refractivity contribution in [2.24, 2.45) is 0 Å². The topological polar surface area (TPSA) is 35.5 Å². The zero-order valence-electron chi connectivity index (χ0n) is 21.2. The molecule has 2 rings (SSSR count). The quantitative estimate of drug-likeness (QED) is 0.163. The van der Waals surface area contributed by atoms with Gasteiger partial charge in [0.05, 0.1) is 13.2 Å². The lowest BCUT2D eigenvalue weighted by atomic mass is 10.0. The molecule has 0 heterocycles. The lowest BCUT2D eigenvalue weighted by Crippen LogP contribution is -1.98. The summed E-state index contributed by atoms with van der Waals surface area (Å²) in [5, 5.41) is 0. The molecule has 0 spiro atoms. The van der Waals surface area contributed by atoms with Crippen LogP contribution in [0.2, 0.25) is 0 Å².